The van der Waals surface area contributed by atoms with Crippen LogP contribution in [0.15, 0.2) is 53.7 Å². The summed E-state index contributed by atoms with van der Waals surface area (Å²) >= 11 is 17.5. The summed E-state index contributed by atoms with van der Waals surface area (Å²) in [6.45, 7) is 6.58. The number of allylic oxidation sites excluding steroid dienone is 1. The number of thiocarbonyl (C=S) groups is 1. The third kappa shape index (κ3) is 4.74. The van der Waals surface area contributed by atoms with Crippen LogP contribution in [0.25, 0.3) is 0 Å². The summed E-state index contributed by atoms with van der Waals surface area (Å²) in [4.78, 5) is 14.3. The van der Waals surface area contributed by atoms with E-state index in [0.29, 0.717) is 39.6 Å². The van der Waals surface area contributed by atoms with Crippen LogP contribution >= 0.6 is 35.4 Å². The van der Waals surface area contributed by atoms with Gasteiger partial charge in [0.2, 0.25) is 0 Å². The van der Waals surface area contributed by atoms with Crippen LogP contribution in [-0.4, -0.2) is 22.3 Å². The molecule has 1 unspecified atom stereocenters. The summed E-state index contributed by atoms with van der Waals surface area (Å²) in [5.41, 5.74) is 3.43. The second kappa shape index (κ2) is 9.16. The second-order valence-corrected chi connectivity index (χ2v) is 7.99. The van der Waals surface area contributed by atoms with Gasteiger partial charge in [-0.05, 0) is 68.4 Å². The van der Waals surface area contributed by atoms with Crippen LogP contribution in [0.3, 0.4) is 0 Å². The minimum Gasteiger partial charge on any atom is -0.489 e. The van der Waals surface area contributed by atoms with E-state index in [1.54, 1.807) is 19.1 Å². The summed E-state index contributed by atoms with van der Waals surface area (Å²) in [7, 11) is 0. The van der Waals surface area contributed by atoms with Gasteiger partial charge in [-0.25, -0.2) is 0 Å². The first-order valence-corrected chi connectivity index (χ1v) is 10.4. The number of nitrogens with zero attached hydrogens (tertiary/aromatic N) is 1. The van der Waals surface area contributed by atoms with Gasteiger partial charge in [-0.2, -0.15) is 0 Å². The zero-order valence-electron chi connectivity index (χ0n) is 16.5. The third-order valence-corrected chi connectivity index (χ3v) is 5.95. The zero-order chi connectivity index (χ0) is 21.1. The van der Waals surface area contributed by atoms with Crippen molar-refractivity contribution in [2.24, 2.45) is 0 Å². The Kier molecular flexibility index (Phi) is 6.83. The smallest absolute Gasteiger partial charge is 0.173 e. The number of Topliss-reactive ketones (excluding diaryl/α,β-unsaturated/α-hetero) is 1. The number of hydrogen-bond donors (Lipinski definition) is 1. The Labute approximate surface area is 186 Å². The number of rotatable bonds is 6. The molecule has 1 aliphatic heterocycles. The molecule has 1 aliphatic rings. The maximum Gasteiger partial charge on any atom is 0.173 e. The lowest BCUT2D eigenvalue weighted by Gasteiger charge is -2.37. The number of benzene rings is 2. The molecule has 152 valence electrons. The van der Waals surface area contributed by atoms with E-state index in [1.165, 1.54) is 0 Å². The highest BCUT2D eigenvalue weighted by Crippen LogP contribution is 2.32. The van der Waals surface area contributed by atoms with E-state index in [2.05, 4.69) is 5.32 Å². The van der Waals surface area contributed by atoms with Crippen LogP contribution in [0, 0.1) is 0 Å². The van der Waals surface area contributed by atoms with Gasteiger partial charge < -0.3 is 15.0 Å². The Morgan fingerprint density at radius 1 is 1.21 bits per heavy atom. The van der Waals surface area contributed by atoms with E-state index in [-0.39, 0.29) is 11.8 Å². The molecule has 0 spiro atoms. The van der Waals surface area contributed by atoms with E-state index >= 15 is 0 Å². The molecule has 1 atom stereocenters. The number of ether oxygens (including phenoxy) is 1. The maximum absolute atomic E-state index is 12.4. The van der Waals surface area contributed by atoms with Crippen LogP contribution in [-0.2, 0) is 11.4 Å². The summed E-state index contributed by atoms with van der Waals surface area (Å²) in [5, 5.41) is 4.92. The molecule has 7 heteroatoms. The largest absolute Gasteiger partial charge is 0.489 e. The number of nitrogens with one attached hydrogen (secondary N) is 1. The van der Waals surface area contributed by atoms with Crippen molar-refractivity contribution in [3.05, 3.63) is 74.9 Å². The minimum absolute atomic E-state index is 0.0167. The summed E-state index contributed by atoms with van der Waals surface area (Å²) in [6, 6.07) is 12.8. The molecular weight excluding hydrogens is 427 g/mol. The van der Waals surface area contributed by atoms with E-state index in [4.69, 9.17) is 40.2 Å². The molecule has 0 aromatic heterocycles. The van der Waals surface area contributed by atoms with Crippen molar-refractivity contribution in [1.29, 1.82) is 0 Å². The summed E-state index contributed by atoms with van der Waals surface area (Å²) in [5.74, 6) is 0.711. The highest BCUT2D eigenvalue weighted by atomic mass is 35.5. The molecule has 4 nitrogen and oxygen atoms in total. The second-order valence-electron chi connectivity index (χ2n) is 6.79. The van der Waals surface area contributed by atoms with Gasteiger partial charge in [0.1, 0.15) is 12.4 Å². The summed E-state index contributed by atoms with van der Waals surface area (Å²) in [6.07, 6.45) is 0. The predicted molar refractivity (Wildman–Crippen MR) is 121 cm³/mol. The Bertz CT molecular complexity index is 991. The van der Waals surface area contributed by atoms with Gasteiger partial charge in [0.25, 0.3) is 0 Å². The highest BCUT2D eigenvalue weighted by molar-refractivity contribution is 7.80. The molecular formula is C22H22Cl2N2O2S. The SMILES string of the molecule is CCN1C(=S)NC(c2cccc(OCc3ccc(Cl)c(Cl)c3)c2)C(C(C)=O)=C1C. The first kappa shape index (κ1) is 21.6. The van der Waals surface area contributed by atoms with Crippen molar-refractivity contribution >= 4 is 46.3 Å². The molecule has 0 bridgehead atoms. The number of halogens is 2. The Morgan fingerprint density at radius 3 is 2.62 bits per heavy atom. The maximum atomic E-state index is 12.4. The number of ketones is 1. The molecule has 2 aromatic carbocycles. The molecule has 1 heterocycles. The lowest BCUT2D eigenvalue weighted by molar-refractivity contribution is -0.114. The van der Waals surface area contributed by atoms with E-state index < -0.39 is 0 Å². The van der Waals surface area contributed by atoms with Crippen molar-refractivity contribution in [3.63, 3.8) is 0 Å². The van der Waals surface area contributed by atoms with Gasteiger partial charge in [0.05, 0.1) is 16.1 Å². The van der Waals surface area contributed by atoms with Crippen LogP contribution in [0.4, 0.5) is 0 Å². The third-order valence-electron chi connectivity index (χ3n) is 4.87. The normalized spacial score (nSPS) is 16.7. The van der Waals surface area contributed by atoms with E-state index in [9.17, 15) is 4.79 Å². The fourth-order valence-corrected chi connectivity index (χ4v) is 4.15. The molecule has 0 aliphatic carbocycles. The van der Waals surface area contributed by atoms with Gasteiger partial charge in [-0.3, -0.25) is 4.79 Å². The molecule has 1 N–H and O–H groups in total. The quantitative estimate of drug-likeness (QED) is 0.575. The first-order chi connectivity index (χ1) is 13.8. The average Bonchev–Trinajstić information content (AvgIpc) is 2.68. The van der Waals surface area contributed by atoms with Crippen LogP contribution in [0.2, 0.25) is 10.0 Å². The first-order valence-electron chi connectivity index (χ1n) is 9.28. The van der Waals surface area contributed by atoms with Crippen LogP contribution < -0.4 is 10.1 Å². The number of carbonyl (C=O) groups is 1. The van der Waals surface area contributed by atoms with Crippen LogP contribution in [0.5, 0.6) is 5.75 Å². The monoisotopic (exact) mass is 448 g/mol. The van der Waals surface area contributed by atoms with E-state index in [0.717, 1.165) is 16.8 Å². The van der Waals surface area contributed by atoms with Crippen molar-refractivity contribution in [3.8, 4) is 5.75 Å². The predicted octanol–water partition coefficient (Wildman–Crippen LogP) is 5.69. The molecule has 29 heavy (non-hydrogen) atoms. The Morgan fingerprint density at radius 2 is 1.97 bits per heavy atom. The molecule has 3 rings (SSSR count). The molecule has 0 saturated carbocycles. The zero-order valence-corrected chi connectivity index (χ0v) is 18.8. The Balaban J connectivity index is 1.86. The average molecular weight is 449 g/mol. The van der Waals surface area contributed by atoms with Crippen molar-refractivity contribution in [1.82, 2.24) is 10.2 Å². The van der Waals surface area contributed by atoms with Gasteiger partial charge in [-0.1, -0.05) is 41.4 Å². The van der Waals surface area contributed by atoms with Gasteiger partial charge in [0, 0.05) is 17.8 Å². The molecule has 0 radical (unpaired) electrons. The number of hydrogen-bond acceptors (Lipinski definition) is 3. The number of carbonyl (C=O) groups excluding carboxylic acids is 1. The van der Waals surface area contributed by atoms with Gasteiger partial charge in [0.15, 0.2) is 10.9 Å². The lowest BCUT2D eigenvalue weighted by atomic mass is 9.92. The molecule has 0 fully saturated rings. The van der Waals surface area contributed by atoms with Crippen LogP contribution in [0.1, 0.15) is 37.9 Å². The van der Waals surface area contributed by atoms with Crippen molar-refractivity contribution in [2.75, 3.05) is 6.54 Å². The highest BCUT2D eigenvalue weighted by Gasteiger charge is 2.31. The Hall–Kier alpha value is -2.08. The van der Waals surface area contributed by atoms with Crippen molar-refractivity contribution in [2.45, 2.75) is 33.4 Å². The van der Waals surface area contributed by atoms with Gasteiger partial charge >= 0.3 is 0 Å². The lowest BCUT2D eigenvalue weighted by Crippen LogP contribution is -2.47. The van der Waals surface area contributed by atoms with Gasteiger partial charge in [-0.15, -0.1) is 0 Å². The fourth-order valence-electron chi connectivity index (χ4n) is 3.45. The molecule has 2 aromatic rings. The van der Waals surface area contributed by atoms with E-state index in [1.807, 2.05) is 49.1 Å². The molecule has 0 saturated heterocycles. The van der Waals surface area contributed by atoms with Crippen molar-refractivity contribution < 1.29 is 9.53 Å². The summed E-state index contributed by atoms with van der Waals surface area (Å²) < 4.78 is 5.94. The standard InChI is InChI=1S/C22H22Cl2N2O2S/c1-4-26-13(2)20(14(3)27)21(25-22(26)29)16-6-5-7-17(11-16)28-12-15-8-9-18(23)19(24)10-15/h5-11,21H,4,12H2,1-3H3,(H,25,29). The topological polar surface area (TPSA) is 41.6 Å². The fraction of sp³-hybridized carbons (Fsp3) is 0.273. The molecule has 0 amide bonds. The minimum atomic E-state index is -0.309.